The Bertz CT molecular complexity index is 363. The topological polar surface area (TPSA) is 24.5 Å². The molecule has 1 unspecified atom stereocenters. The molecule has 0 amide bonds. The molecule has 0 saturated carbocycles. The van der Waals surface area contributed by atoms with E-state index in [2.05, 4.69) is 36.3 Å². The minimum atomic E-state index is 0.729. The minimum Gasteiger partial charge on any atom is -0.497 e. The third kappa shape index (κ3) is 2.91. The van der Waals surface area contributed by atoms with E-state index < -0.39 is 0 Å². The van der Waals surface area contributed by atoms with Crippen LogP contribution in [-0.4, -0.2) is 33.8 Å². The van der Waals surface area contributed by atoms with Crippen molar-refractivity contribution in [2.45, 2.75) is 6.92 Å². The quantitative estimate of drug-likeness (QED) is 0.843. The number of anilines is 1. The lowest BCUT2D eigenvalue weighted by Crippen LogP contribution is -2.47. The van der Waals surface area contributed by atoms with Crippen LogP contribution in [0.25, 0.3) is 0 Å². The molecule has 94 valence electrons. The summed E-state index contributed by atoms with van der Waals surface area (Å²) in [5.74, 6) is 2.49. The second-order valence-electron chi connectivity index (χ2n) is 4.98. The molecule has 1 heterocycles. The van der Waals surface area contributed by atoms with Crippen LogP contribution >= 0.6 is 0 Å². The van der Waals surface area contributed by atoms with Gasteiger partial charge in [-0.3, -0.25) is 0 Å². The van der Waals surface area contributed by atoms with Crippen LogP contribution < -0.4 is 15.0 Å². The zero-order chi connectivity index (χ0) is 12.3. The summed E-state index contributed by atoms with van der Waals surface area (Å²) < 4.78 is 5.25. The molecule has 1 saturated heterocycles. The molecule has 0 radical (unpaired) electrons. The first-order chi connectivity index (χ1) is 8.20. The predicted octanol–water partition coefficient (Wildman–Crippen LogP) is 1.99. The van der Waals surface area contributed by atoms with E-state index >= 15 is 0 Å². The Morgan fingerprint density at radius 3 is 2.82 bits per heavy atom. The first-order valence-electron chi connectivity index (χ1n) is 6.26. The number of benzene rings is 1. The fourth-order valence-corrected chi connectivity index (χ4v) is 2.25. The number of hydrogen-bond donors (Lipinski definition) is 1. The van der Waals surface area contributed by atoms with Crippen molar-refractivity contribution in [1.82, 2.24) is 5.32 Å². The van der Waals surface area contributed by atoms with Crippen LogP contribution in [0, 0.1) is 11.8 Å². The van der Waals surface area contributed by atoms with Crippen LogP contribution in [-0.2, 0) is 0 Å². The number of nitrogens with zero attached hydrogens (tertiary/aromatic N) is 1. The fourth-order valence-electron chi connectivity index (χ4n) is 2.25. The summed E-state index contributed by atoms with van der Waals surface area (Å²) in [5.41, 5.74) is 1.23. The maximum absolute atomic E-state index is 5.25. The molecular weight excluding hydrogens is 212 g/mol. The number of ether oxygens (including phenoxy) is 1. The van der Waals surface area contributed by atoms with Gasteiger partial charge in [0.15, 0.2) is 0 Å². The van der Waals surface area contributed by atoms with Gasteiger partial charge >= 0.3 is 0 Å². The van der Waals surface area contributed by atoms with Crippen molar-refractivity contribution in [1.29, 1.82) is 0 Å². The van der Waals surface area contributed by atoms with E-state index in [4.69, 9.17) is 4.74 Å². The van der Waals surface area contributed by atoms with E-state index in [9.17, 15) is 0 Å². The van der Waals surface area contributed by atoms with E-state index in [-0.39, 0.29) is 0 Å². The molecule has 1 atom stereocenters. The Kier molecular flexibility index (Phi) is 3.89. The highest BCUT2D eigenvalue weighted by atomic mass is 16.5. The summed E-state index contributed by atoms with van der Waals surface area (Å²) in [6, 6.07) is 8.25. The van der Waals surface area contributed by atoms with E-state index in [1.165, 1.54) is 18.8 Å². The van der Waals surface area contributed by atoms with Crippen molar-refractivity contribution >= 4 is 5.69 Å². The van der Waals surface area contributed by atoms with Gasteiger partial charge in [0.1, 0.15) is 5.75 Å². The maximum Gasteiger partial charge on any atom is 0.120 e. The lowest BCUT2D eigenvalue weighted by Gasteiger charge is -2.35. The summed E-state index contributed by atoms with van der Waals surface area (Å²) in [4.78, 5) is 2.31. The van der Waals surface area contributed by atoms with Gasteiger partial charge < -0.3 is 15.0 Å². The Hall–Kier alpha value is -1.22. The lowest BCUT2D eigenvalue weighted by atomic mass is 9.88. The summed E-state index contributed by atoms with van der Waals surface area (Å²) in [5, 5.41) is 3.33. The van der Waals surface area contributed by atoms with Crippen LogP contribution in [0.2, 0.25) is 0 Å². The molecule has 1 aliphatic rings. The Morgan fingerprint density at radius 2 is 2.24 bits per heavy atom. The average Bonchev–Trinajstić information content (AvgIpc) is 2.26. The van der Waals surface area contributed by atoms with Gasteiger partial charge in [-0.1, -0.05) is 13.0 Å². The predicted molar refractivity (Wildman–Crippen MR) is 71.8 cm³/mol. The smallest absolute Gasteiger partial charge is 0.120 e. The Labute approximate surface area is 104 Å². The van der Waals surface area contributed by atoms with Gasteiger partial charge in [0, 0.05) is 25.3 Å². The van der Waals surface area contributed by atoms with E-state index in [1.807, 2.05) is 12.1 Å². The van der Waals surface area contributed by atoms with Gasteiger partial charge in [-0.2, -0.15) is 0 Å². The molecule has 1 aliphatic heterocycles. The average molecular weight is 234 g/mol. The van der Waals surface area contributed by atoms with E-state index in [1.54, 1.807) is 7.11 Å². The fraction of sp³-hybridized carbons (Fsp3) is 0.571. The molecule has 0 spiro atoms. The minimum absolute atomic E-state index is 0.729. The molecule has 1 N–H and O–H groups in total. The highest BCUT2D eigenvalue weighted by Crippen LogP contribution is 2.23. The van der Waals surface area contributed by atoms with Gasteiger partial charge in [0.2, 0.25) is 0 Å². The van der Waals surface area contributed by atoms with Crippen molar-refractivity contribution in [3.8, 4) is 5.75 Å². The summed E-state index contributed by atoms with van der Waals surface area (Å²) >= 11 is 0. The molecule has 1 aromatic carbocycles. The first kappa shape index (κ1) is 12.2. The maximum atomic E-state index is 5.25. The van der Waals surface area contributed by atoms with Gasteiger partial charge in [-0.05, 0) is 37.1 Å². The largest absolute Gasteiger partial charge is 0.497 e. The number of methoxy groups -OCH3 is 1. The molecule has 1 aromatic rings. The van der Waals surface area contributed by atoms with Crippen LogP contribution in [0.3, 0.4) is 0 Å². The Balaban J connectivity index is 1.95. The van der Waals surface area contributed by atoms with E-state index in [0.717, 1.165) is 24.1 Å². The highest BCUT2D eigenvalue weighted by Gasteiger charge is 2.24. The molecule has 2 rings (SSSR count). The third-order valence-electron chi connectivity index (χ3n) is 3.67. The van der Waals surface area contributed by atoms with Crippen molar-refractivity contribution in [2.24, 2.45) is 11.8 Å². The monoisotopic (exact) mass is 234 g/mol. The van der Waals surface area contributed by atoms with Gasteiger partial charge in [0.05, 0.1) is 7.11 Å². The normalized spacial score (nSPS) is 17.4. The zero-order valence-electron chi connectivity index (χ0n) is 10.9. The Morgan fingerprint density at radius 1 is 1.47 bits per heavy atom. The molecule has 0 bridgehead atoms. The summed E-state index contributed by atoms with van der Waals surface area (Å²) in [6.07, 6.45) is 0. The van der Waals surface area contributed by atoms with Crippen LogP contribution in [0.5, 0.6) is 5.75 Å². The summed E-state index contributed by atoms with van der Waals surface area (Å²) in [7, 11) is 3.86. The van der Waals surface area contributed by atoms with Crippen LogP contribution in [0.15, 0.2) is 24.3 Å². The number of rotatable bonds is 5. The van der Waals surface area contributed by atoms with Gasteiger partial charge in [0.25, 0.3) is 0 Å². The number of nitrogens with one attached hydrogen (secondary N) is 1. The third-order valence-corrected chi connectivity index (χ3v) is 3.67. The van der Waals surface area contributed by atoms with E-state index in [0.29, 0.717) is 0 Å². The molecule has 1 fully saturated rings. The molecule has 0 aliphatic carbocycles. The second kappa shape index (κ2) is 5.41. The van der Waals surface area contributed by atoms with Crippen molar-refractivity contribution in [2.75, 3.05) is 38.7 Å². The summed E-state index contributed by atoms with van der Waals surface area (Å²) in [6.45, 7) is 5.78. The highest BCUT2D eigenvalue weighted by molar-refractivity contribution is 5.50. The number of hydrogen-bond acceptors (Lipinski definition) is 3. The molecule has 0 aromatic heterocycles. The van der Waals surface area contributed by atoms with Gasteiger partial charge in [-0.25, -0.2) is 0 Å². The molecule has 3 heteroatoms. The first-order valence-corrected chi connectivity index (χ1v) is 6.26. The van der Waals surface area contributed by atoms with Crippen LogP contribution in [0.4, 0.5) is 5.69 Å². The SMILES string of the molecule is COc1cccc(N(C)CC(C)C2CNC2)c1. The molecule has 17 heavy (non-hydrogen) atoms. The van der Waals surface area contributed by atoms with Crippen LogP contribution in [0.1, 0.15) is 6.92 Å². The van der Waals surface area contributed by atoms with Crippen molar-refractivity contribution in [3.05, 3.63) is 24.3 Å². The van der Waals surface area contributed by atoms with Gasteiger partial charge in [-0.15, -0.1) is 0 Å². The lowest BCUT2D eigenvalue weighted by molar-refractivity contribution is 0.252. The van der Waals surface area contributed by atoms with Crippen molar-refractivity contribution < 1.29 is 4.74 Å². The standard InChI is InChI=1S/C14H22N2O/c1-11(12-8-15-9-12)10-16(2)13-5-4-6-14(7-13)17-3/h4-7,11-12,15H,8-10H2,1-3H3. The molecular formula is C14H22N2O. The second-order valence-corrected chi connectivity index (χ2v) is 4.98. The molecule has 3 nitrogen and oxygen atoms in total. The zero-order valence-corrected chi connectivity index (χ0v) is 10.9. The van der Waals surface area contributed by atoms with Crippen molar-refractivity contribution in [3.63, 3.8) is 0 Å².